The first kappa shape index (κ1) is 19.2. The Hall–Kier alpha value is 0.880. The molecule has 100 valence electrons. The van der Waals surface area contributed by atoms with Gasteiger partial charge in [0, 0.05) is 11.4 Å². The molecule has 0 amide bonds. The van der Waals surface area contributed by atoms with Gasteiger partial charge in [-0.1, -0.05) is 41.6 Å². The van der Waals surface area contributed by atoms with Crippen molar-refractivity contribution >= 4 is 32.9 Å². The van der Waals surface area contributed by atoms with Gasteiger partial charge in [0.1, 0.15) is 0 Å². The van der Waals surface area contributed by atoms with E-state index in [4.69, 9.17) is 0 Å². The number of rotatable bonds is 6. The summed E-state index contributed by atoms with van der Waals surface area (Å²) in [5.74, 6) is 0. The molecule has 0 radical (unpaired) electrons. The number of piperidine rings is 1. The minimum Gasteiger partial charge on any atom is -0.344 e. The highest BCUT2D eigenvalue weighted by atomic mass is 79.9. The second kappa shape index (κ2) is 12.3. The molecule has 1 fully saturated rings. The van der Waals surface area contributed by atoms with Crippen LogP contribution in [-0.4, -0.2) is 29.9 Å². The van der Waals surface area contributed by atoms with Gasteiger partial charge in [0.25, 0.3) is 0 Å². The van der Waals surface area contributed by atoms with Crippen molar-refractivity contribution in [2.45, 2.75) is 57.4 Å². The summed E-state index contributed by atoms with van der Waals surface area (Å²) in [4.78, 5) is 2.56. The summed E-state index contributed by atoms with van der Waals surface area (Å²) in [6.07, 6.45) is 11.3. The minimum absolute atomic E-state index is 0. The lowest BCUT2D eigenvalue weighted by molar-refractivity contribution is 0.173. The average molecular weight is 360 g/mol. The van der Waals surface area contributed by atoms with E-state index >= 15 is 0 Å². The number of hydrogen-bond acceptors (Lipinski definition) is 2. The molecule has 4 heteroatoms. The topological polar surface area (TPSA) is 38.2 Å². The fourth-order valence-electron chi connectivity index (χ4n) is 2.34. The summed E-state index contributed by atoms with van der Waals surface area (Å²) in [5.41, 5.74) is 0. The van der Waals surface area contributed by atoms with Gasteiger partial charge in [-0.25, -0.2) is 0 Å². The largest absolute Gasteiger partial charge is 0.344 e. The van der Waals surface area contributed by atoms with Crippen LogP contribution in [0.2, 0.25) is 0 Å². The van der Waals surface area contributed by atoms with E-state index in [1.807, 2.05) is 0 Å². The number of unbranched alkanes of at least 4 members (excludes halogenated alkanes) is 3. The van der Waals surface area contributed by atoms with Crippen molar-refractivity contribution in [3.05, 3.63) is 0 Å². The van der Waals surface area contributed by atoms with E-state index in [1.54, 1.807) is 0 Å². The second-order valence-corrected chi connectivity index (χ2v) is 5.32. The summed E-state index contributed by atoms with van der Waals surface area (Å²) in [5, 5.41) is 1.18. The molecule has 0 aromatic heterocycles. The number of halogens is 2. The third-order valence-electron chi connectivity index (χ3n) is 3.34. The Labute approximate surface area is 120 Å². The van der Waals surface area contributed by atoms with Crippen molar-refractivity contribution in [1.29, 1.82) is 0 Å². The summed E-state index contributed by atoms with van der Waals surface area (Å²) < 4.78 is 0. The molecule has 1 atom stereocenters. The Morgan fingerprint density at radius 1 is 1.12 bits per heavy atom. The molecule has 0 spiro atoms. The Morgan fingerprint density at radius 2 is 1.81 bits per heavy atom. The summed E-state index contributed by atoms with van der Waals surface area (Å²) in [6, 6.07) is 0.896. The van der Waals surface area contributed by atoms with Gasteiger partial charge in [0.2, 0.25) is 0 Å². The molecule has 0 saturated carbocycles. The van der Waals surface area contributed by atoms with Crippen LogP contribution in [0.3, 0.4) is 0 Å². The van der Waals surface area contributed by atoms with Crippen LogP contribution in [0.4, 0.5) is 0 Å². The molecule has 0 aromatic rings. The fourth-order valence-corrected chi connectivity index (χ4v) is 2.73. The molecule has 1 unspecified atom stereocenters. The molecule has 16 heavy (non-hydrogen) atoms. The molecule has 1 saturated heterocycles. The van der Waals surface area contributed by atoms with Crippen LogP contribution >= 0.6 is 32.9 Å². The fraction of sp³-hybridized carbons (Fsp3) is 1.00. The zero-order chi connectivity index (χ0) is 10.2. The average Bonchev–Trinajstić information content (AvgIpc) is 2.20. The van der Waals surface area contributed by atoms with E-state index in [9.17, 15) is 0 Å². The van der Waals surface area contributed by atoms with Crippen molar-refractivity contribution in [3.8, 4) is 0 Å². The second-order valence-electron chi connectivity index (χ2n) is 4.52. The molecule has 0 bridgehead atoms. The van der Waals surface area contributed by atoms with Gasteiger partial charge in [-0.05, 0) is 39.3 Å². The molecule has 2 nitrogen and oxygen atoms in total. The third-order valence-corrected chi connectivity index (χ3v) is 3.90. The van der Waals surface area contributed by atoms with E-state index in [0.717, 1.165) is 6.04 Å². The predicted molar refractivity (Wildman–Crippen MR) is 82.5 cm³/mol. The Morgan fingerprint density at radius 3 is 2.44 bits per heavy atom. The first-order valence-corrected chi connectivity index (χ1v) is 7.23. The Balaban J connectivity index is 0. The van der Waals surface area contributed by atoms with Crippen LogP contribution < -0.4 is 6.15 Å². The third kappa shape index (κ3) is 8.04. The van der Waals surface area contributed by atoms with E-state index in [2.05, 4.69) is 27.9 Å². The SMILES string of the molecule is Br.CN1CCCCC1CCCCCCBr.N. The highest BCUT2D eigenvalue weighted by Crippen LogP contribution is 2.20. The molecule has 1 aliphatic rings. The van der Waals surface area contributed by atoms with E-state index < -0.39 is 0 Å². The quantitative estimate of drug-likeness (QED) is 0.557. The van der Waals surface area contributed by atoms with E-state index in [1.165, 1.54) is 63.2 Å². The number of nitrogens with zero attached hydrogens (tertiary/aromatic N) is 1. The van der Waals surface area contributed by atoms with Crippen molar-refractivity contribution in [2.75, 3.05) is 18.9 Å². The van der Waals surface area contributed by atoms with E-state index in [-0.39, 0.29) is 23.1 Å². The first-order valence-electron chi connectivity index (χ1n) is 6.11. The maximum atomic E-state index is 3.48. The highest BCUT2D eigenvalue weighted by Gasteiger charge is 2.17. The molecule has 0 aromatic carbocycles. The smallest absolute Gasteiger partial charge is 0.00922 e. The lowest BCUT2D eigenvalue weighted by atomic mass is 9.97. The van der Waals surface area contributed by atoms with Crippen molar-refractivity contribution in [2.24, 2.45) is 0 Å². The molecule has 1 rings (SSSR count). The van der Waals surface area contributed by atoms with Crippen molar-refractivity contribution in [3.63, 3.8) is 0 Å². The molecular weight excluding hydrogens is 332 g/mol. The van der Waals surface area contributed by atoms with Gasteiger partial charge in [-0.15, -0.1) is 17.0 Å². The van der Waals surface area contributed by atoms with Crippen LogP contribution in [0.1, 0.15) is 51.4 Å². The monoisotopic (exact) mass is 358 g/mol. The lowest BCUT2D eigenvalue weighted by Gasteiger charge is -2.32. The van der Waals surface area contributed by atoms with Gasteiger partial charge >= 0.3 is 0 Å². The minimum atomic E-state index is 0. The van der Waals surface area contributed by atoms with Crippen molar-refractivity contribution < 1.29 is 0 Å². The van der Waals surface area contributed by atoms with Crippen LogP contribution in [0.25, 0.3) is 0 Å². The number of hydrogen-bond donors (Lipinski definition) is 1. The van der Waals surface area contributed by atoms with Gasteiger partial charge < -0.3 is 11.1 Å². The van der Waals surface area contributed by atoms with Gasteiger partial charge in [0.05, 0.1) is 0 Å². The van der Waals surface area contributed by atoms with Gasteiger partial charge in [-0.2, -0.15) is 0 Å². The molecule has 0 aliphatic carbocycles. The first-order chi connectivity index (χ1) is 6.84. The maximum absolute atomic E-state index is 3.48. The maximum Gasteiger partial charge on any atom is 0.00922 e. The number of alkyl halides is 1. The Kier molecular flexibility index (Phi) is 14.8. The highest BCUT2D eigenvalue weighted by molar-refractivity contribution is 9.09. The lowest BCUT2D eigenvalue weighted by Crippen LogP contribution is -2.35. The zero-order valence-corrected chi connectivity index (χ0v) is 13.9. The number of likely N-dealkylation sites (tertiary alicyclic amines) is 1. The Bertz CT molecular complexity index is 145. The van der Waals surface area contributed by atoms with Crippen LogP contribution in [-0.2, 0) is 0 Å². The standard InChI is InChI=1S/C12H24BrN.BrH.H3N/c1-14-11-7-5-9-12(14)8-4-2-3-6-10-13;;/h12H,2-11H2,1H3;1H;1H3. The molecule has 1 heterocycles. The molecule has 3 N–H and O–H groups in total. The van der Waals surface area contributed by atoms with Crippen molar-refractivity contribution in [1.82, 2.24) is 11.1 Å². The van der Waals surface area contributed by atoms with E-state index in [0.29, 0.717) is 0 Å². The van der Waals surface area contributed by atoms with Crippen LogP contribution in [0, 0.1) is 0 Å². The normalized spacial score (nSPS) is 21.0. The zero-order valence-electron chi connectivity index (χ0n) is 10.6. The predicted octanol–water partition coefficient (Wildman–Crippen LogP) is 4.56. The van der Waals surface area contributed by atoms with Crippen LogP contribution in [0.5, 0.6) is 0 Å². The summed E-state index contributed by atoms with van der Waals surface area (Å²) in [7, 11) is 2.29. The summed E-state index contributed by atoms with van der Waals surface area (Å²) >= 11 is 3.48. The van der Waals surface area contributed by atoms with Gasteiger partial charge in [0.15, 0.2) is 0 Å². The van der Waals surface area contributed by atoms with Gasteiger partial charge in [-0.3, -0.25) is 0 Å². The molecule has 1 aliphatic heterocycles. The molecular formula is C12H28Br2N2. The van der Waals surface area contributed by atoms with Crippen LogP contribution in [0.15, 0.2) is 0 Å². The summed E-state index contributed by atoms with van der Waals surface area (Å²) in [6.45, 7) is 1.33.